The lowest BCUT2D eigenvalue weighted by Crippen LogP contribution is -2.48. The van der Waals surface area contributed by atoms with Gasteiger partial charge in [-0.15, -0.1) is 0 Å². The van der Waals surface area contributed by atoms with Crippen molar-refractivity contribution in [1.82, 2.24) is 5.32 Å². The fourth-order valence-corrected chi connectivity index (χ4v) is 2.25. The van der Waals surface area contributed by atoms with Crippen LogP contribution in [0.4, 0.5) is 0 Å². The standard InChI is InChI=1S/C15H21ClN2O3/c1-15(2,3)13(17)14(19)18-8-9-6-10(16)12-11(7-9)20-4-5-21-12/h6-7,13H,4-5,8,17H2,1-3H3,(H,18,19)/t13-/m1/s1. The molecular formula is C15H21ClN2O3. The topological polar surface area (TPSA) is 73.6 Å². The van der Waals surface area contributed by atoms with Crippen LogP contribution in [0.25, 0.3) is 0 Å². The smallest absolute Gasteiger partial charge is 0.237 e. The molecule has 0 bridgehead atoms. The second-order valence-electron chi connectivity index (χ2n) is 6.16. The molecule has 1 amide bonds. The molecule has 1 aliphatic heterocycles. The van der Waals surface area contributed by atoms with E-state index in [4.69, 9.17) is 26.8 Å². The third-order valence-electron chi connectivity index (χ3n) is 3.34. The molecule has 116 valence electrons. The molecular weight excluding hydrogens is 292 g/mol. The SMILES string of the molecule is CC(C)(C)[C@H](N)C(=O)NCc1cc(Cl)c2c(c1)OCCO2. The highest BCUT2D eigenvalue weighted by Crippen LogP contribution is 2.38. The van der Waals surface area contributed by atoms with Gasteiger partial charge in [-0.2, -0.15) is 0 Å². The van der Waals surface area contributed by atoms with Gasteiger partial charge in [0.25, 0.3) is 0 Å². The summed E-state index contributed by atoms with van der Waals surface area (Å²) in [6.07, 6.45) is 0. The van der Waals surface area contributed by atoms with Crippen molar-refractivity contribution in [2.24, 2.45) is 11.1 Å². The van der Waals surface area contributed by atoms with Gasteiger partial charge in [0.15, 0.2) is 11.5 Å². The Labute approximate surface area is 129 Å². The molecule has 3 N–H and O–H groups in total. The average Bonchev–Trinajstić information content (AvgIpc) is 2.43. The lowest BCUT2D eigenvalue weighted by atomic mass is 9.87. The van der Waals surface area contributed by atoms with Crippen molar-refractivity contribution < 1.29 is 14.3 Å². The minimum absolute atomic E-state index is 0.187. The minimum atomic E-state index is -0.565. The Hall–Kier alpha value is -1.46. The monoisotopic (exact) mass is 312 g/mol. The maximum absolute atomic E-state index is 12.0. The van der Waals surface area contributed by atoms with Crippen LogP contribution in [0.1, 0.15) is 26.3 Å². The van der Waals surface area contributed by atoms with Crippen LogP contribution in [-0.2, 0) is 11.3 Å². The number of ether oxygens (including phenoxy) is 2. The Morgan fingerprint density at radius 1 is 1.38 bits per heavy atom. The first-order valence-electron chi connectivity index (χ1n) is 6.90. The molecule has 5 nitrogen and oxygen atoms in total. The molecule has 0 fully saturated rings. The molecule has 0 radical (unpaired) electrons. The number of carbonyl (C=O) groups excluding carboxylic acids is 1. The summed E-state index contributed by atoms with van der Waals surface area (Å²) in [5.74, 6) is 0.982. The van der Waals surface area contributed by atoms with Gasteiger partial charge in [-0.1, -0.05) is 32.4 Å². The molecule has 1 aromatic rings. The van der Waals surface area contributed by atoms with Crippen LogP contribution in [0.5, 0.6) is 11.5 Å². The van der Waals surface area contributed by atoms with E-state index < -0.39 is 6.04 Å². The summed E-state index contributed by atoms with van der Waals surface area (Å²) >= 11 is 6.16. The van der Waals surface area contributed by atoms with Gasteiger partial charge in [0.1, 0.15) is 13.2 Å². The molecule has 1 aliphatic rings. The Bertz CT molecular complexity index is 540. The number of halogens is 1. The number of nitrogens with two attached hydrogens (primary N) is 1. The lowest BCUT2D eigenvalue weighted by Gasteiger charge is -2.26. The number of amides is 1. The Balaban J connectivity index is 2.04. The highest BCUT2D eigenvalue weighted by atomic mass is 35.5. The quantitative estimate of drug-likeness (QED) is 0.896. The Kier molecular flexibility index (Phi) is 4.64. The van der Waals surface area contributed by atoms with Crippen molar-refractivity contribution in [3.05, 3.63) is 22.7 Å². The van der Waals surface area contributed by atoms with E-state index in [2.05, 4.69) is 5.32 Å². The van der Waals surface area contributed by atoms with Crippen molar-refractivity contribution in [1.29, 1.82) is 0 Å². The van der Waals surface area contributed by atoms with Gasteiger partial charge in [0, 0.05) is 6.54 Å². The van der Waals surface area contributed by atoms with Crippen LogP contribution in [-0.4, -0.2) is 25.2 Å². The molecule has 0 aliphatic carbocycles. The summed E-state index contributed by atoms with van der Waals surface area (Å²) in [5, 5.41) is 3.30. The van der Waals surface area contributed by atoms with Gasteiger partial charge < -0.3 is 20.5 Å². The van der Waals surface area contributed by atoms with Crippen LogP contribution < -0.4 is 20.5 Å². The molecule has 0 saturated heterocycles. The normalized spacial score (nSPS) is 15.5. The summed E-state index contributed by atoms with van der Waals surface area (Å²) < 4.78 is 11.0. The average molecular weight is 313 g/mol. The van der Waals surface area contributed by atoms with E-state index in [1.807, 2.05) is 26.8 Å². The van der Waals surface area contributed by atoms with Crippen molar-refractivity contribution in [3.8, 4) is 11.5 Å². The number of carbonyl (C=O) groups is 1. The Morgan fingerprint density at radius 2 is 2.05 bits per heavy atom. The number of benzene rings is 1. The molecule has 21 heavy (non-hydrogen) atoms. The van der Waals surface area contributed by atoms with Crippen molar-refractivity contribution in [2.75, 3.05) is 13.2 Å². The first kappa shape index (κ1) is 15.9. The minimum Gasteiger partial charge on any atom is -0.486 e. The summed E-state index contributed by atoms with van der Waals surface area (Å²) in [4.78, 5) is 12.0. The van der Waals surface area contributed by atoms with Crippen LogP contribution in [0.15, 0.2) is 12.1 Å². The molecule has 2 rings (SSSR count). The summed E-state index contributed by atoms with van der Waals surface area (Å²) in [7, 11) is 0. The van der Waals surface area contributed by atoms with Crippen LogP contribution in [0.2, 0.25) is 5.02 Å². The maximum atomic E-state index is 12.0. The zero-order valence-electron chi connectivity index (χ0n) is 12.5. The first-order chi connectivity index (χ1) is 9.79. The third-order valence-corrected chi connectivity index (χ3v) is 3.62. The van der Waals surface area contributed by atoms with Gasteiger partial charge in [-0.05, 0) is 23.1 Å². The molecule has 0 saturated carbocycles. The molecule has 1 aromatic carbocycles. The molecule has 6 heteroatoms. The van der Waals surface area contributed by atoms with Gasteiger partial charge >= 0.3 is 0 Å². The molecule has 1 heterocycles. The highest BCUT2D eigenvalue weighted by Gasteiger charge is 2.27. The fourth-order valence-electron chi connectivity index (χ4n) is 1.96. The van der Waals surface area contributed by atoms with Crippen molar-refractivity contribution in [2.45, 2.75) is 33.4 Å². The number of hydrogen-bond acceptors (Lipinski definition) is 4. The summed E-state index contributed by atoms with van der Waals surface area (Å²) in [5.41, 5.74) is 6.48. The zero-order valence-corrected chi connectivity index (χ0v) is 13.3. The van der Waals surface area contributed by atoms with Gasteiger partial charge in [-0.3, -0.25) is 4.79 Å². The van der Waals surface area contributed by atoms with E-state index in [1.165, 1.54) is 0 Å². The predicted molar refractivity (Wildman–Crippen MR) is 81.7 cm³/mol. The largest absolute Gasteiger partial charge is 0.486 e. The molecule has 0 spiro atoms. The highest BCUT2D eigenvalue weighted by molar-refractivity contribution is 6.32. The van der Waals surface area contributed by atoms with E-state index in [0.717, 1.165) is 5.56 Å². The summed E-state index contributed by atoms with van der Waals surface area (Å²) in [6, 6.07) is 3.02. The van der Waals surface area contributed by atoms with Gasteiger partial charge in [-0.25, -0.2) is 0 Å². The van der Waals surface area contributed by atoms with Crippen LogP contribution >= 0.6 is 11.6 Å². The number of hydrogen-bond donors (Lipinski definition) is 2. The third kappa shape index (κ3) is 3.80. The van der Waals surface area contributed by atoms with Gasteiger partial charge in [0.05, 0.1) is 11.1 Å². The number of nitrogens with one attached hydrogen (secondary N) is 1. The van der Waals surface area contributed by atoms with E-state index in [-0.39, 0.29) is 11.3 Å². The summed E-state index contributed by atoms with van der Waals surface area (Å²) in [6.45, 7) is 7.12. The van der Waals surface area contributed by atoms with E-state index in [1.54, 1.807) is 6.07 Å². The second kappa shape index (κ2) is 6.12. The number of fused-ring (bicyclic) bond motifs is 1. The van der Waals surface area contributed by atoms with E-state index in [9.17, 15) is 4.79 Å². The molecule has 0 aromatic heterocycles. The predicted octanol–water partition coefficient (Wildman–Crippen LogP) is 2.10. The first-order valence-corrected chi connectivity index (χ1v) is 7.28. The van der Waals surface area contributed by atoms with Crippen LogP contribution in [0, 0.1) is 5.41 Å². The fraction of sp³-hybridized carbons (Fsp3) is 0.533. The number of rotatable bonds is 3. The van der Waals surface area contributed by atoms with E-state index in [0.29, 0.717) is 36.3 Å². The second-order valence-corrected chi connectivity index (χ2v) is 6.57. The lowest BCUT2D eigenvalue weighted by molar-refractivity contribution is -0.124. The Morgan fingerprint density at radius 3 is 2.71 bits per heavy atom. The molecule has 1 atom stereocenters. The van der Waals surface area contributed by atoms with Gasteiger partial charge in [0.2, 0.25) is 5.91 Å². The maximum Gasteiger partial charge on any atom is 0.237 e. The van der Waals surface area contributed by atoms with E-state index >= 15 is 0 Å². The van der Waals surface area contributed by atoms with Crippen molar-refractivity contribution in [3.63, 3.8) is 0 Å². The zero-order chi connectivity index (χ0) is 15.6. The molecule has 0 unspecified atom stereocenters. The van der Waals surface area contributed by atoms with Crippen LogP contribution in [0.3, 0.4) is 0 Å². The van der Waals surface area contributed by atoms with Crippen molar-refractivity contribution >= 4 is 17.5 Å².